The van der Waals surface area contributed by atoms with Crippen molar-refractivity contribution in [3.63, 3.8) is 0 Å². The molecule has 0 unspecified atom stereocenters. The molecular weight excluding hydrogens is 378 g/mol. The van der Waals surface area contributed by atoms with Crippen LogP contribution in [0.3, 0.4) is 0 Å². The molecule has 0 aliphatic heterocycles. The summed E-state index contributed by atoms with van der Waals surface area (Å²) in [4.78, 5) is 16.7. The van der Waals surface area contributed by atoms with E-state index in [1.54, 1.807) is 7.05 Å². The highest BCUT2D eigenvalue weighted by Gasteiger charge is 2.14. The minimum atomic E-state index is -0.300. The molecule has 0 saturated carbocycles. The summed E-state index contributed by atoms with van der Waals surface area (Å²) >= 11 is 0. The van der Waals surface area contributed by atoms with Gasteiger partial charge in [-0.2, -0.15) is 9.36 Å². The molecule has 7 heteroatoms. The predicted molar refractivity (Wildman–Crippen MR) is 115 cm³/mol. The first kappa shape index (κ1) is 19.6. The molecule has 0 aliphatic rings. The van der Waals surface area contributed by atoms with E-state index in [1.165, 1.54) is 9.36 Å². The van der Waals surface area contributed by atoms with Crippen molar-refractivity contribution in [3.8, 4) is 22.6 Å². The minimum Gasteiger partial charge on any atom is -0.489 e. The van der Waals surface area contributed by atoms with Gasteiger partial charge in [0, 0.05) is 30.1 Å². The van der Waals surface area contributed by atoms with Crippen LogP contribution in [0.15, 0.2) is 59.5 Å². The van der Waals surface area contributed by atoms with Gasteiger partial charge in [-0.15, -0.1) is 0 Å². The summed E-state index contributed by atoms with van der Waals surface area (Å²) in [7, 11) is 1.57. The molecular formula is C23H23N5O2. The van der Waals surface area contributed by atoms with Gasteiger partial charge >= 0.3 is 5.69 Å². The molecule has 2 aromatic carbocycles. The Morgan fingerprint density at radius 1 is 0.967 bits per heavy atom. The van der Waals surface area contributed by atoms with Crippen molar-refractivity contribution < 1.29 is 4.74 Å². The van der Waals surface area contributed by atoms with Gasteiger partial charge in [0.15, 0.2) is 0 Å². The second kappa shape index (κ2) is 7.94. The molecule has 152 valence electrons. The quantitative estimate of drug-likeness (QED) is 0.511. The Bertz CT molecular complexity index is 1260. The average molecular weight is 401 g/mol. The number of benzene rings is 2. The lowest BCUT2D eigenvalue weighted by Gasteiger charge is -2.14. The Kier molecular flexibility index (Phi) is 5.18. The monoisotopic (exact) mass is 401 g/mol. The fourth-order valence-corrected chi connectivity index (χ4v) is 3.32. The molecule has 7 nitrogen and oxygen atoms in total. The van der Waals surface area contributed by atoms with Crippen molar-refractivity contribution in [2.24, 2.45) is 7.05 Å². The Morgan fingerprint density at radius 3 is 2.50 bits per heavy atom. The van der Waals surface area contributed by atoms with Gasteiger partial charge in [0.2, 0.25) is 0 Å². The van der Waals surface area contributed by atoms with Gasteiger partial charge in [0.05, 0.1) is 5.69 Å². The number of pyridine rings is 1. The van der Waals surface area contributed by atoms with Crippen molar-refractivity contribution in [3.05, 3.63) is 87.6 Å². The first-order valence-corrected chi connectivity index (χ1v) is 9.68. The largest absolute Gasteiger partial charge is 0.489 e. The summed E-state index contributed by atoms with van der Waals surface area (Å²) < 4.78 is 8.63. The summed E-state index contributed by atoms with van der Waals surface area (Å²) in [6, 6.07) is 15.8. The van der Waals surface area contributed by atoms with Crippen LogP contribution < -0.4 is 10.4 Å². The topological polar surface area (TPSA) is 74.8 Å². The minimum absolute atomic E-state index is 0.300. The molecule has 0 fully saturated rings. The first-order chi connectivity index (χ1) is 14.4. The maximum absolute atomic E-state index is 12.3. The van der Waals surface area contributed by atoms with E-state index in [0.29, 0.717) is 12.3 Å². The van der Waals surface area contributed by atoms with Crippen LogP contribution in [0.1, 0.15) is 22.4 Å². The molecule has 30 heavy (non-hydrogen) atoms. The number of aromatic nitrogens is 5. The predicted octanol–water partition coefficient (Wildman–Crippen LogP) is 3.53. The zero-order chi connectivity index (χ0) is 21.3. The number of aryl methyl sites for hydroxylation is 4. The van der Waals surface area contributed by atoms with E-state index in [1.807, 2.05) is 62.5 Å². The van der Waals surface area contributed by atoms with E-state index >= 15 is 0 Å². The maximum atomic E-state index is 12.3. The molecule has 4 rings (SSSR count). The number of rotatable bonds is 5. The van der Waals surface area contributed by atoms with Gasteiger partial charge < -0.3 is 4.74 Å². The molecule has 0 amide bonds. The third kappa shape index (κ3) is 3.74. The van der Waals surface area contributed by atoms with Crippen LogP contribution in [0.4, 0.5) is 0 Å². The maximum Gasteiger partial charge on any atom is 0.368 e. The molecule has 0 spiro atoms. The average Bonchev–Trinajstić information content (AvgIpc) is 3.07. The molecule has 2 aromatic heterocycles. The highest BCUT2D eigenvalue weighted by molar-refractivity contribution is 5.68. The second-order valence-corrected chi connectivity index (χ2v) is 7.32. The molecule has 0 aliphatic carbocycles. The van der Waals surface area contributed by atoms with Crippen molar-refractivity contribution in [1.82, 2.24) is 24.8 Å². The van der Waals surface area contributed by atoms with Crippen molar-refractivity contribution in [1.29, 1.82) is 0 Å². The van der Waals surface area contributed by atoms with Crippen molar-refractivity contribution in [2.45, 2.75) is 27.4 Å². The Balaban J connectivity index is 1.65. The molecule has 2 heterocycles. The standard InChI is InChI=1S/C23H23N5O2/c1-15-6-5-7-22(28-23(29)27(4)25-26-28)21(15)14-30-19-11-8-16(2)20(12-19)18-10-9-17(3)24-13-18/h5-13H,14H2,1-4H3. The lowest BCUT2D eigenvalue weighted by molar-refractivity contribution is 0.305. The highest BCUT2D eigenvalue weighted by Crippen LogP contribution is 2.28. The van der Waals surface area contributed by atoms with E-state index in [0.717, 1.165) is 39.3 Å². The fourth-order valence-electron chi connectivity index (χ4n) is 3.32. The molecule has 0 bridgehead atoms. The van der Waals surface area contributed by atoms with Crippen LogP contribution >= 0.6 is 0 Å². The summed E-state index contributed by atoms with van der Waals surface area (Å²) in [6.07, 6.45) is 1.88. The van der Waals surface area contributed by atoms with Crippen LogP contribution in [0.25, 0.3) is 16.8 Å². The van der Waals surface area contributed by atoms with Crippen molar-refractivity contribution >= 4 is 0 Å². The number of hydrogen-bond acceptors (Lipinski definition) is 5. The lowest BCUT2D eigenvalue weighted by Crippen LogP contribution is -2.23. The zero-order valence-electron chi connectivity index (χ0n) is 17.5. The molecule has 0 radical (unpaired) electrons. The highest BCUT2D eigenvalue weighted by atomic mass is 16.5. The summed E-state index contributed by atoms with van der Waals surface area (Å²) in [5, 5.41) is 7.78. The van der Waals surface area contributed by atoms with Crippen LogP contribution in [-0.4, -0.2) is 24.8 Å². The van der Waals surface area contributed by atoms with E-state index < -0.39 is 0 Å². The van der Waals surface area contributed by atoms with E-state index in [-0.39, 0.29) is 5.69 Å². The normalized spacial score (nSPS) is 10.9. The summed E-state index contributed by atoms with van der Waals surface area (Å²) in [5.74, 6) is 0.747. The first-order valence-electron chi connectivity index (χ1n) is 9.68. The van der Waals surface area contributed by atoms with Crippen LogP contribution in [0.5, 0.6) is 5.75 Å². The van der Waals surface area contributed by atoms with E-state index in [2.05, 4.69) is 28.4 Å². The van der Waals surface area contributed by atoms with Gasteiger partial charge in [0.25, 0.3) is 0 Å². The fraction of sp³-hybridized carbons (Fsp3) is 0.217. The molecule has 4 aromatic rings. The smallest absolute Gasteiger partial charge is 0.368 e. The van der Waals surface area contributed by atoms with Gasteiger partial charge in [0.1, 0.15) is 12.4 Å². The van der Waals surface area contributed by atoms with E-state index in [4.69, 9.17) is 4.74 Å². The molecule has 0 atom stereocenters. The zero-order valence-corrected chi connectivity index (χ0v) is 17.5. The van der Waals surface area contributed by atoms with Crippen molar-refractivity contribution in [2.75, 3.05) is 0 Å². The van der Waals surface area contributed by atoms with E-state index in [9.17, 15) is 4.79 Å². The Hall–Kier alpha value is -3.74. The summed E-state index contributed by atoms with van der Waals surface area (Å²) in [5.41, 5.74) is 6.53. The third-order valence-corrected chi connectivity index (χ3v) is 5.15. The van der Waals surface area contributed by atoms with Gasteiger partial charge in [-0.05, 0) is 72.2 Å². The summed E-state index contributed by atoms with van der Waals surface area (Å²) in [6.45, 7) is 6.33. The van der Waals surface area contributed by atoms with Gasteiger partial charge in [-0.1, -0.05) is 24.3 Å². The number of tetrazole rings is 1. The molecule has 0 saturated heterocycles. The third-order valence-electron chi connectivity index (χ3n) is 5.15. The molecule has 0 N–H and O–H groups in total. The number of ether oxygens (including phenoxy) is 1. The number of hydrogen-bond donors (Lipinski definition) is 0. The van der Waals surface area contributed by atoms with Gasteiger partial charge in [-0.25, -0.2) is 4.79 Å². The van der Waals surface area contributed by atoms with Crippen LogP contribution in [-0.2, 0) is 13.7 Å². The Labute approximate surface area is 174 Å². The SMILES string of the molecule is Cc1ccc(-c2cc(OCc3c(C)cccc3-n3nnn(C)c3=O)ccc2C)cn1. The van der Waals surface area contributed by atoms with Crippen LogP contribution in [0.2, 0.25) is 0 Å². The van der Waals surface area contributed by atoms with Crippen LogP contribution in [0, 0.1) is 20.8 Å². The van der Waals surface area contributed by atoms with Gasteiger partial charge in [-0.3, -0.25) is 4.98 Å². The Morgan fingerprint density at radius 2 is 1.80 bits per heavy atom. The number of nitrogens with zero attached hydrogens (tertiary/aromatic N) is 5. The lowest BCUT2D eigenvalue weighted by atomic mass is 10.0. The second-order valence-electron chi connectivity index (χ2n) is 7.32.